The summed E-state index contributed by atoms with van der Waals surface area (Å²) in [6, 6.07) is 11.2. The van der Waals surface area contributed by atoms with Crippen LogP contribution in [0.4, 0.5) is 10.5 Å². The molecule has 0 saturated carbocycles. The van der Waals surface area contributed by atoms with Crippen LogP contribution in [0.3, 0.4) is 0 Å². The van der Waals surface area contributed by atoms with Crippen molar-refractivity contribution in [1.82, 2.24) is 19.4 Å². The summed E-state index contributed by atoms with van der Waals surface area (Å²) in [6.07, 6.45) is 7.37. The smallest absolute Gasteiger partial charge is 0.322 e. The largest absolute Gasteiger partial charge is 0.497 e. The predicted octanol–water partition coefficient (Wildman–Crippen LogP) is 4.01. The summed E-state index contributed by atoms with van der Waals surface area (Å²) < 4.78 is 7.42. The average molecular weight is 391 g/mol. The number of carbonyl (C=O) groups excluding carboxylic acids is 1. The number of imidazole rings is 1. The Hall–Kier alpha value is -3.35. The monoisotopic (exact) mass is 391 g/mol. The van der Waals surface area contributed by atoms with Crippen molar-refractivity contribution in [2.75, 3.05) is 19.0 Å². The number of aromatic nitrogens is 3. The molecule has 0 aliphatic carbocycles. The number of rotatable bonds is 5. The van der Waals surface area contributed by atoms with Gasteiger partial charge in [-0.1, -0.05) is 12.1 Å². The van der Waals surface area contributed by atoms with Gasteiger partial charge in [0.2, 0.25) is 0 Å². The molecule has 0 radical (unpaired) electrons. The van der Waals surface area contributed by atoms with Gasteiger partial charge in [0.1, 0.15) is 11.6 Å². The first-order valence-corrected chi connectivity index (χ1v) is 9.78. The standard InChI is InChI=1S/C22H25N5O2/c1-16-13-24-21(27(16)15-17-6-4-10-23-14-17)20-9-5-11-26(20)22(28)25-18-7-3-8-19(12-18)29-2/h3-4,6-8,10,12-14,20H,5,9,11,15H2,1-2H3,(H,25,28). The number of amides is 2. The lowest BCUT2D eigenvalue weighted by Crippen LogP contribution is -2.35. The van der Waals surface area contributed by atoms with Crippen LogP contribution in [0.25, 0.3) is 0 Å². The van der Waals surface area contributed by atoms with Gasteiger partial charge in [-0.15, -0.1) is 0 Å². The number of nitrogens with one attached hydrogen (secondary N) is 1. The molecule has 3 heterocycles. The maximum Gasteiger partial charge on any atom is 0.322 e. The molecule has 2 amide bonds. The molecule has 3 aromatic rings. The number of hydrogen-bond donors (Lipinski definition) is 1. The Morgan fingerprint density at radius 1 is 1.28 bits per heavy atom. The highest BCUT2D eigenvalue weighted by Gasteiger charge is 2.33. The number of benzene rings is 1. The van der Waals surface area contributed by atoms with Crippen molar-refractivity contribution in [2.24, 2.45) is 0 Å². The number of anilines is 1. The van der Waals surface area contributed by atoms with Crippen molar-refractivity contribution in [1.29, 1.82) is 0 Å². The summed E-state index contributed by atoms with van der Waals surface area (Å²) >= 11 is 0. The number of pyridine rings is 1. The summed E-state index contributed by atoms with van der Waals surface area (Å²) in [5.41, 5.74) is 2.90. The Kier molecular flexibility index (Phi) is 5.46. The lowest BCUT2D eigenvalue weighted by molar-refractivity contribution is 0.204. The fourth-order valence-electron chi connectivity index (χ4n) is 3.80. The van der Waals surface area contributed by atoms with Crippen molar-refractivity contribution in [3.63, 3.8) is 0 Å². The van der Waals surface area contributed by atoms with E-state index in [2.05, 4.69) is 25.9 Å². The molecule has 1 atom stereocenters. The van der Waals surface area contributed by atoms with E-state index in [9.17, 15) is 4.79 Å². The van der Waals surface area contributed by atoms with E-state index >= 15 is 0 Å². The molecule has 1 unspecified atom stereocenters. The molecular formula is C22H25N5O2. The van der Waals surface area contributed by atoms with Gasteiger partial charge < -0.3 is 19.5 Å². The quantitative estimate of drug-likeness (QED) is 0.713. The first-order valence-electron chi connectivity index (χ1n) is 9.78. The molecule has 1 aliphatic heterocycles. The first kappa shape index (κ1) is 19.0. The predicted molar refractivity (Wildman–Crippen MR) is 111 cm³/mol. The van der Waals surface area contributed by atoms with E-state index in [1.54, 1.807) is 13.3 Å². The number of urea groups is 1. The summed E-state index contributed by atoms with van der Waals surface area (Å²) in [4.78, 5) is 23.7. The van der Waals surface area contributed by atoms with E-state index in [1.165, 1.54) is 0 Å². The van der Waals surface area contributed by atoms with Gasteiger partial charge >= 0.3 is 6.03 Å². The van der Waals surface area contributed by atoms with Crippen LogP contribution < -0.4 is 10.1 Å². The van der Waals surface area contributed by atoms with Gasteiger partial charge in [0.15, 0.2) is 0 Å². The minimum absolute atomic E-state index is 0.0500. The third-order valence-corrected chi connectivity index (χ3v) is 5.28. The Bertz CT molecular complexity index is 986. The highest BCUT2D eigenvalue weighted by atomic mass is 16.5. The normalized spacial score (nSPS) is 16.1. The second-order valence-corrected chi connectivity index (χ2v) is 7.22. The molecule has 29 heavy (non-hydrogen) atoms. The minimum atomic E-state index is -0.116. The molecule has 1 fully saturated rings. The van der Waals surface area contributed by atoms with Gasteiger partial charge in [-0.25, -0.2) is 9.78 Å². The molecule has 7 heteroatoms. The molecule has 0 spiro atoms. The molecule has 0 bridgehead atoms. The molecule has 7 nitrogen and oxygen atoms in total. The zero-order valence-electron chi connectivity index (χ0n) is 16.7. The van der Waals surface area contributed by atoms with Crippen molar-refractivity contribution in [3.05, 3.63) is 72.1 Å². The fourth-order valence-corrected chi connectivity index (χ4v) is 3.80. The van der Waals surface area contributed by atoms with E-state index in [4.69, 9.17) is 4.74 Å². The van der Waals surface area contributed by atoms with E-state index < -0.39 is 0 Å². The van der Waals surface area contributed by atoms with Crippen LogP contribution in [0, 0.1) is 6.92 Å². The van der Waals surface area contributed by atoms with E-state index in [0.29, 0.717) is 18.8 Å². The maximum absolute atomic E-state index is 13.0. The zero-order chi connectivity index (χ0) is 20.2. The summed E-state index contributed by atoms with van der Waals surface area (Å²) in [5.74, 6) is 1.63. The second-order valence-electron chi connectivity index (χ2n) is 7.22. The van der Waals surface area contributed by atoms with Gasteiger partial charge in [-0.05, 0) is 43.5 Å². The van der Waals surface area contributed by atoms with Crippen LogP contribution in [-0.2, 0) is 6.54 Å². The van der Waals surface area contributed by atoms with Crippen LogP contribution in [0.5, 0.6) is 5.75 Å². The first-order chi connectivity index (χ1) is 14.2. The van der Waals surface area contributed by atoms with Crippen LogP contribution in [0.1, 0.15) is 36.0 Å². The highest BCUT2D eigenvalue weighted by Crippen LogP contribution is 2.32. The maximum atomic E-state index is 13.0. The Labute approximate surface area is 170 Å². The van der Waals surface area contributed by atoms with Crippen LogP contribution in [0.2, 0.25) is 0 Å². The van der Waals surface area contributed by atoms with Gasteiger partial charge in [0.25, 0.3) is 0 Å². The van der Waals surface area contributed by atoms with E-state index in [-0.39, 0.29) is 12.1 Å². The lowest BCUT2D eigenvalue weighted by Gasteiger charge is -2.25. The Morgan fingerprint density at radius 3 is 2.97 bits per heavy atom. The van der Waals surface area contributed by atoms with E-state index in [1.807, 2.05) is 54.5 Å². The fraction of sp³-hybridized carbons (Fsp3) is 0.318. The molecular weight excluding hydrogens is 366 g/mol. The number of carbonyl (C=O) groups is 1. The lowest BCUT2D eigenvalue weighted by atomic mass is 10.2. The van der Waals surface area contributed by atoms with Crippen LogP contribution in [-0.4, -0.2) is 39.1 Å². The molecule has 4 rings (SSSR count). The minimum Gasteiger partial charge on any atom is -0.497 e. The Balaban J connectivity index is 1.55. The molecule has 1 saturated heterocycles. The number of methoxy groups -OCH3 is 1. The van der Waals surface area contributed by atoms with Gasteiger partial charge in [0, 0.05) is 42.6 Å². The van der Waals surface area contributed by atoms with Gasteiger partial charge in [-0.3, -0.25) is 4.98 Å². The van der Waals surface area contributed by atoms with Crippen molar-refractivity contribution >= 4 is 11.7 Å². The number of nitrogens with zero attached hydrogens (tertiary/aromatic N) is 4. The molecule has 1 aliphatic rings. The van der Waals surface area contributed by atoms with Crippen LogP contribution >= 0.6 is 0 Å². The summed E-state index contributed by atoms with van der Waals surface area (Å²) in [5, 5.41) is 2.99. The Morgan fingerprint density at radius 2 is 2.17 bits per heavy atom. The number of likely N-dealkylation sites (tertiary alicyclic amines) is 1. The van der Waals surface area contributed by atoms with Crippen molar-refractivity contribution in [3.8, 4) is 5.75 Å². The van der Waals surface area contributed by atoms with Crippen molar-refractivity contribution < 1.29 is 9.53 Å². The number of ether oxygens (including phenoxy) is 1. The van der Waals surface area contributed by atoms with Crippen LogP contribution in [0.15, 0.2) is 55.0 Å². The molecule has 2 aromatic heterocycles. The van der Waals surface area contributed by atoms with E-state index in [0.717, 1.165) is 35.6 Å². The number of aryl methyl sites for hydroxylation is 1. The molecule has 1 N–H and O–H groups in total. The SMILES string of the molecule is COc1cccc(NC(=O)N2CCCC2c2ncc(C)n2Cc2cccnc2)c1. The zero-order valence-corrected chi connectivity index (χ0v) is 16.7. The summed E-state index contributed by atoms with van der Waals surface area (Å²) in [6.45, 7) is 3.44. The summed E-state index contributed by atoms with van der Waals surface area (Å²) in [7, 11) is 1.61. The topological polar surface area (TPSA) is 72.3 Å². The van der Waals surface area contributed by atoms with Gasteiger partial charge in [-0.2, -0.15) is 0 Å². The second kappa shape index (κ2) is 8.34. The molecule has 150 valence electrons. The third-order valence-electron chi connectivity index (χ3n) is 5.28. The van der Waals surface area contributed by atoms with Gasteiger partial charge in [0.05, 0.1) is 19.7 Å². The average Bonchev–Trinajstić information content (AvgIpc) is 3.36. The molecule has 1 aromatic carbocycles. The number of hydrogen-bond acceptors (Lipinski definition) is 4. The third kappa shape index (κ3) is 4.08. The highest BCUT2D eigenvalue weighted by molar-refractivity contribution is 5.90. The van der Waals surface area contributed by atoms with Crippen molar-refractivity contribution in [2.45, 2.75) is 32.4 Å².